The van der Waals surface area contributed by atoms with E-state index in [1.54, 1.807) is 23.2 Å². The number of nitrogens with one attached hydrogen (secondary N) is 1. The van der Waals surface area contributed by atoms with E-state index in [2.05, 4.69) is 16.4 Å². The van der Waals surface area contributed by atoms with Crippen LogP contribution >= 0.6 is 0 Å². The van der Waals surface area contributed by atoms with Gasteiger partial charge in [0.15, 0.2) is 0 Å². The largest absolute Gasteiger partial charge is 0.352 e. The third-order valence-corrected chi connectivity index (χ3v) is 3.48. The molecule has 0 aromatic carbocycles. The molecule has 8 heteroatoms. The minimum atomic E-state index is -0.628. The molecule has 22 heavy (non-hydrogen) atoms. The number of nitrogens with zero attached hydrogens (tertiary/aromatic N) is 4. The minimum Gasteiger partial charge on any atom is -0.352 e. The molecule has 3 amide bonds. The van der Waals surface area contributed by atoms with Gasteiger partial charge in [-0.2, -0.15) is 5.26 Å². The molecule has 0 saturated carbocycles. The summed E-state index contributed by atoms with van der Waals surface area (Å²) in [5.41, 5.74) is 5.49. The van der Waals surface area contributed by atoms with E-state index >= 15 is 0 Å². The highest BCUT2D eigenvalue weighted by Gasteiger charge is 2.22. The zero-order valence-electron chi connectivity index (χ0n) is 12.2. The Labute approximate surface area is 128 Å². The molecular formula is C14H18N6O2. The lowest BCUT2D eigenvalue weighted by Gasteiger charge is -2.35. The van der Waals surface area contributed by atoms with Crippen molar-refractivity contribution in [3.8, 4) is 6.07 Å². The fourth-order valence-corrected chi connectivity index (χ4v) is 2.35. The number of hydrogen-bond donors (Lipinski definition) is 2. The molecule has 1 aromatic heterocycles. The first-order valence-electron chi connectivity index (χ1n) is 7.03. The van der Waals surface area contributed by atoms with Gasteiger partial charge >= 0.3 is 6.03 Å². The van der Waals surface area contributed by atoms with Crippen LogP contribution in [0.5, 0.6) is 0 Å². The van der Waals surface area contributed by atoms with E-state index in [1.165, 1.54) is 0 Å². The van der Waals surface area contributed by atoms with Gasteiger partial charge in [-0.3, -0.25) is 4.79 Å². The van der Waals surface area contributed by atoms with Gasteiger partial charge in [-0.05, 0) is 12.1 Å². The summed E-state index contributed by atoms with van der Waals surface area (Å²) in [5, 5.41) is 11.5. The van der Waals surface area contributed by atoms with Crippen molar-refractivity contribution in [2.24, 2.45) is 5.73 Å². The van der Waals surface area contributed by atoms with Gasteiger partial charge in [0.1, 0.15) is 11.9 Å². The molecule has 2 heterocycles. The molecule has 116 valence electrons. The lowest BCUT2D eigenvalue weighted by Crippen LogP contribution is -2.49. The Morgan fingerprint density at radius 1 is 1.36 bits per heavy atom. The Morgan fingerprint density at radius 2 is 2.09 bits per heavy atom. The van der Waals surface area contributed by atoms with Crippen molar-refractivity contribution in [3.63, 3.8) is 0 Å². The number of carbonyl (C=O) groups is 2. The van der Waals surface area contributed by atoms with E-state index in [9.17, 15) is 9.59 Å². The SMILES string of the molecule is N#Cc1cccnc1N1CCN(C(=O)CCNC(N)=O)CC1. The number of rotatable bonds is 4. The number of primary amides is 1. The molecule has 0 unspecified atom stereocenters. The van der Waals surface area contributed by atoms with Crippen LogP contribution in [0.25, 0.3) is 0 Å². The molecule has 0 aliphatic carbocycles. The maximum atomic E-state index is 12.0. The third-order valence-electron chi connectivity index (χ3n) is 3.48. The van der Waals surface area contributed by atoms with Gasteiger partial charge < -0.3 is 20.9 Å². The summed E-state index contributed by atoms with van der Waals surface area (Å²) in [4.78, 5) is 30.6. The summed E-state index contributed by atoms with van der Waals surface area (Å²) in [7, 11) is 0. The van der Waals surface area contributed by atoms with E-state index < -0.39 is 6.03 Å². The van der Waals surface area contributed by atoms with Crippen LogP contribution < -0.4 is 16.0 Å². The van der Waals surface area contributed by atoms with Gasteiger partial charge in [-0.15, -0.1) is 0 Å². The van der Waals surface area contributed by atoms with Gasteiger partial charge in [0.25, 0.3) is 0 Å². The van der Waals surface area contributed by atoms with Crippen LogP contribution in [-0.2, 0) is 4.79 Å². The second-order valence-electron chi connectivity index (χ2n) is 4.90. The molecule has 1 fully saturated rings. The van der Waals surface area contributed by atoms with Crippen LogP contribution in [0.15, 0.2) is 18.3 Å². The molecule has 1 aliphatic heterocycles. The van der Waals surface area contributed by atoms with E-state index in [4.69, 9.17) is 11.0 Å². The van der Waals surface area contributed by atoms with E-state index in [1.807, 2.05) is 4.90 Å². The molecule has 0 bridgehead atoms. The lowest BCUT2D eigenvalue weighted by atomic mass is 10.2. The molecule has 1 aromatic rings. The second-order valence-corrected chi connectivity index (χ2v) is 4.90. The molecule has 0 radical (unpaired) electrons. The molecule has 1 saturated heterocycles. The summed E-state index contributed by atoms with van der Waals surface area (Å²) >= 11 is 0. The topological polar surface area (TPSA) is 115 Å². The maximum absolute atomic E-state index is 12.0. The van der Waals surface area contributed by atoms with Crippen LogP contribution in [0.4, 0.5) is 10.6 Å². The number of nitriles is 1. The average molecular weight is 302 g/mol. The van der Waals surface area contributed by atoms with Crippen molar-refractivity contribution >= 4 is 17.8 Å². The molecule has 0 spiro atoms. The number of nitrogens with two attached hydrogens (primary N) is 1. The van der Waals surface area contributed by atoms with Gasteiger partial charge in [0.05, 0.1) is 5.56 Å². The zero-order chi connectivity index (χ0) is 15.9. The Bertz CT molecular complexity index is 589. The Balaban J connectivity index is 1.86. The van der Waals surface area contributed by atoms with Crippen LogP contribution in [0, 0.1) is 11.3 Å². The first kappa shape index (κ1) is 15.6. The second kappa shape index (κ2) is 7.26. The standard InChI is InChI=1S/C14H18N6O2/c15-10-11-2-1-4-17-13(11)20-8-6-19(7-9-20)12(21)3-5-18-14(16)22/h1-2,4H,3,5-9H2,(H3,16,18,22). The number of amides is 3. The summed E-state index contributed by atoms with van der Waals surface area (Å²) in [6, 6.07) is 4.96. The monoisotopic (exact) mass is 302 g/mol. The summed E-state index contributed by atoms with van der Waals surface area (Å²) in [6.45, 7) is 2.63. The van der Waals surface area contributed by atoms with Gasteiger partial charge in [0.2, 0.25) is 5.91 Å². The summed E-state index contributed by atoms with van der Waals surface area (Å²) in [6.07, 6.45) is 1.89. The minimum absolute atomic E-state index is 0.0186. The van der Waals surface area contributed by atoms with E-state index in [0.29, 0.717) is 37.6 Å². The van der Waals surface area contributed by atoms with Gasteiger partial charge in [0, 0.05) is 45.3 Å². The Morgan fingerprint density at radius 3 is 2.73 bits per heavy atom. The predicted molar refractivity (Wildman–Crippen MR) is 79.9 cm³/mol. The molecule has 0 atom stereocenters. The van der Waals surface area contributed by atoms with Crippen LogP contribution in [0.1, 0.15) is 12.0 Å². The normalized spacial score (nSPS) is 14.3. The molecule has 2 rings (SSSR count). The van der Waals surface area contributed by atoms with Crippen molar-refractivity contribution in [3.05, 3.63) is 23.9 Å². The van der Waals surface area contributed by atoms with Crippen molar-refractivity contribution < 1.29 is 9.59 Å². The Kier molecular flexibility index (Phi) is 5.14. The average Bonchev–Trinajstić information content (AvgIpc) is 2.54. The first-order valence-corrected chi connectivity index (χ1v) is 7.03. The highest BCUT2D eigenvalue weighted by atomic mass is 16.2. The van der Waals surface area contributed by atoms with E-state index in [-0.39, 0.29) is 18.9 Å². The number of piperazine rings is 1. The number of anilines is 1. The number of pyridine rings is 1. The summed E-state index contributed by atoms with van der Waals surface area (Å²) < 4.78 is 0. The highest BCUT2D eigenvalue weighted by molar-refractivity contribution is 5.78. The van der Waals surface area contributed by atoms with E-state index in [0.717, 1.165) is 0 Å². The maximum Gasteiger partial charge on any atom is 0.312 e. The fraction of sp³-hybridized carbons (Fsp3) is 0.429. The summed E-state index contributed by atoms with van der Waals surface area (Å²) in [5.74, 6) is 0.641. The van der Waals surface area contributed by atoms with Crippen LogP contribution in [-0.4, -0.2) is 54.5 Å². The number of carbonyl (C=O) groups excluding carboxylic acids is 2. The van der Waals surface area contributed by atoms with Crippen LogP contribution in [0.2, 0.25) is 0 Å². The smallest absolute Gasteiger partial charge is 0.312 e. The fourth-order valence-electron chi connectivity index (χ4n) is 2.35. The Hall–Kier alpha value is -2.82. The highest BCUT2D eigenvalue weighted by Crippen LogP contribution is 2.18. The number of urea groups is 1. The number of hydrogen-bond acceptors (Lipinski definition) is 5. The first-order chi connectivity index (χ1) is 10.6. The van der Waals surface area contributed by atoms with Crippen molar-refractivity contribution in [2.45, 2.75) is 6.42 Å². The van der Waals surface area contributed by atoms with Crippen molar-refractivity contribution in [1.82, 2.24) is 15.2 Å². The van der Waals surface area contributed by atoms with Gasteiger partial charge in [-0.1, -0.05) is 0 Å². The lowest BCUT2D eigenvalue weighted by molar-refractivity contribution is -0.131. The van der Waals surface area contributed by atoms with Crippen molar-refractivity contribution in [1.29, 1.82) is 5.26 Å². The molecule has 3 N–H and O–H groups in total. The van der Waals surface area contributed by atoms with Gasteiger partial charge in [-0.25, -0.2) is 9.78 Å². The third kappa shape index (κ3) is 3.85. The van der Waals surface area contributed by atoms with Crippen LogP contribution in [0.3, 0.4) is 0 Å². The molecule has 8 nitrogen and oxygen atoms in total. The molecular weight excluding hydrogens is 284 g/mol. The predicted octanol–water partition coefficient (Wildman–Crippen LogP) is -0.340. The molecule has 1 aliphatic rings. The van der Waals surface area contributed by atoms with Crippen molar-refractivity contribution in [2.75, 3.05) is 37.6 Å². The quantitative estimate of drug-likeness (QED) is 0.789. The zero-order valence-corrected chi connectivity index (χ0v) is 12.2. The number of aromatic nitrogens is 1.